The average Bonchev–Trinajstić information content (AvgIpc) is 3.07. The van der Waals surface area contributed by atoms with Gasteiger partial charge in [0, 0.05) is 12.2 Å². The quantitative estimate of drug-likeness (QED) is 0.785. The SMILES string of the molecule is COC(=O)c1cn(C2CCCC2)c(C(=O)OC)c(OC)c1=O. The Labute approximate surface area is 127 Å². The Morgan fingerprint density at radius 2 is 1.68 bits per heavy atom. The van der Waals surface area contributed by atoms with Gasteiger partial charge in [0.2, 0.25) is 5.43 Å². The molecular formula is C15H19NO6. The predicted molar refractivity (Wildman–Crippen MR) is 77.4 cm³/mol. The van der Waals surface area contributed by atoms with Crippen molar-refractivity contribution in [2.45, 2.75) is 31.7 Å². The molecule has 0 radical (unpaired) electrons. The van der Waals surface area contributed by atoms with Gasteiger partial charge >= 0.3 is 11.9 Å². The Morgan fingerprint density at radius 3 is 2.18 bits per heavy atom. The highest BCUT2D eigenvalue weighted by Crippen LogP contribution is 2.32. The minimum absolute atomic E-state index is 0.0204. The highest BCUT2D eigenvalue weighted by molar-refractivity contribution is 5.94. The van der Waals surface area contributed by atoms with Gasteiger partial charge in [0.05, 0.1) is 21.3 Å². The van der Waals surface area contributed by atoms with Crippen molar-refractivity contribution in [1.29, 1.82) is 0 Å². The van der Waals surface area contributed by atoms with Crippen molar-refractivity contribution >= 4 is 11.9 Å². The van der Waals surface area contributed by atoms with Crippen LogP contribution < -0.4 is 10.2 Å². The lowest BCUT2D eigenvalue weighted by molar-refractivity contribution is 0.0566. The molecule has 1 aliphatic carbocycles. The van der Waals surface area contributed by atoms with Crippen molar-refractivity contribution in [3.8, 4) is 5.75 Å². The van der Waals surface area contributed by atoms with Gasteiger partial charge in [0.15, 0.2) is 11.4 Å². The van der Waals surface area contributed by atoms with Gasteiger partial charge in [-0.1, -0.05) is 12.8 Å². The van der Waals surface area contributed by atoms with Gasteiger partial charge in [-0.2, -0.15) is 0 Å². The number of nitrogens with zero attached hydrogens (tertiary/aromatic N) is 1. The second-order valence-corrected chi connectivity index (χ2v) is 5.08. The van der Waals surface area contributed by atoms with Crippen molar-refractivity contribution in [2.24, 2.45) is 0 Å². The number of esters is 2. The fourth-order valence-electron chi connectivity index (χ4n) is 2.82. The van der Waals surface area contributed by atoms with Gasteiger partial charge in [0.1, 0.15) is 5.56 Å². The molecule has 0 spiro atoms. The zero-order valence-corrected chi connectivity index (χ0v) is 12.9. The number of rotatable bonds is 4. The number of aromatic nitrogens is 1. The molecule has 1 aromatic heterocycles. The van der Waals surface area contributed by atoms with Crippen molar-refractivity contribution in [3.63, 3.8) is 0 Å². The average molecular weight is 309 g/mol. The first-order valence-electron chi connectivity index (χ1n) is 7.04. The Kier molecular flexibility index (Phi) is 4.85. The minimum atomic E-state index is -0.758. The molecule has 0 bridgehead atoms. The number of hydrogen-bond donors (Lipinski definition) is 0. The van der Waals surface area contributed by atoms with Crippen LogP contribution in [-0.4, -0.2) is 37.8 Å². The lowest BCUT2D eigenvalue weighted by Gasteiger charge is -2.21. The molecule has 0 unspecified atom stereocenters. The summed E-state index contributed by atoms with van der Waals surface area (Å²) < 4.78 is 16.1. The molecule has 1 saturated carbocycles. The lowest BCUT2D eigenvalue weighted by atomic mass is 10.1. The van der Waals surface area contributed by atoms with Gasteiger partial charge in [-0.05, 0) is 12.8 Å². The second kappa shape index (κ2) is 6.64. The summed E-state index contributed by atoms with van der Waals surface area (Å²) in [5, 5.41) is 0. The summed E-state index contributed by atoms with van der Waals surface area (Å²) in [5.41, 5.74) is -0.794. The van der Waals surface area contributed by atoms with E-state index in [0.717, 1.165) is 25.7 Å². The number of hydrogen-bond acceptors (Lipinski definition) is 6. The fourth-order valence-corrected chi connectivity index (χ4v) is 2.82. The first-order chi connectivity index (χ1) is 10.5. The summed E-state index contributed by atoms with van der Waals surface area (Å²) in [4.78, 5) is 36.3. The third kappa shape index (κ3) is 2.70. The number of pyridine rings is 1. The van der Waals surface area contributed by atoms with Crippen molar-refractivity contribution in [3.05, 3.63) is 27.7 Å². The summed E-state index contributed by atoms with van der Waals surface area (Å²) in [7, 11) is 3.71. The van der Waals surface area contributed by atoms with Crippen LogP contribution in [0.4, 0.5) is 0 Å². The van der Waals surface area contributed by atoms with Crippen LogP contribution in [0.25, 0.3) is 0 Å². The molecule has 0 aliphatic heterocycles. The van der Waals surface area contributed by atoms with E-state index in [0.29, 0.717) is 0 Å². The monoisotopic (exact) mass is 309 g/mol. The summed E-state index contributed by atoms with van der Waals surface area (Å²) in [6, 6.07) is 0.0204. The van der Waals surface area contributed by atoms with E-state index in [2.05, 4.69) is 4.74 Å². The third-order valence-electron chi connectivity index (χ3n) is 3.90. The van der Waals surface area contributed by atoms with Crippen LogP contribution in [0.1, 0.15) is 52.6 Å². The molecule has 120 valence electrons. The molecule has 1 aromatic rings. The predicted octanol–water partition coefficient (Wildman–Crippen LogP) is 1.55. The van der Waals surface area contributed by atoms with E-state index in [1.54, 1.807) is 4.57 Å². The first kappa shape index (κ1) is 16.1. The summed E-state index contributed by atoms with van der Waals surface area (Å²) >= 11 is 0. The molecule has 0 N–H and O–H groups in total. The first-order valence-corrected chi connectivity index (χ1v) is 7.04. The molecule has 7 nitrogen and oxygen atoms in total. The van der Waals surface area contributed by atoms with Crippen LogP contribution in [0.2, 0.25) is 0 Å². The van der Waals surface area contributed by atoms with Crippen molar-refractivity contribution in [1.82, 2.24) is 4.57 Å². The molecule has 22 heavy (non-hydrogen) atoms. The lowest BCUT2D eigenvalue weighted by Crippen LogP contribution is -2.27. The Balaban J connectivity index is 2.73. The van der Waals surface area contributed by atoms with Crippen molar-refractivity contribution < 1.29 is 23.8 Å². The normalized spacial score (nSPS) is 14.7. The van der Waals surface area contributed by atoms with Crippen LogP contribution in [0.15, 0.2) is 11.0 Å². The maximum absolute atomic E-state index is 12.4. The number of ether oxygens (including phenoxy) is 3. The molecule has 2 rings (SSSR count). The Bertz CT molecular complexity index is 642. The van der Waals surface area contributed by atoms with E-state index >= 15 is 0 Å². The molecule has 1 heterocycles. The number of methoxy groups -OCH3 is 3. The summed E-state index contributed by atoms with van der Waals surface area (Å²) in [6.07, 6.45) is 5.13. The van der Waals surface area contributed by atoms with Crippen LogP contribution in [0.5, 0.6) is 5.75 Å². The van der Waals surface area contributed by atoms with E-state index in [1.165, 1.54) is 27.5 Å². The van der Waals surface area contributed by atoms with Crippen molar-refractivity contribution in [2.75, 3.05) is 21.3 Å². The van der Waals surface area contributed by atoms with Gasteiger partial charge in [-0.3, -0.25) is 4.79 Å². The molecule has 1 aliphatic rings. The van der Waals surface area contributed by atoms with E-state index in [4.69, 9.17) is 9.47 Å². The summed E-state index contributed by atoms with van der Waals surface area (Å²) in [6.45, 7) is 0. The zero-order valence-electron chi connectivity index (χ0n) is 12.9. The van der Waals surface area contributed by atoms with Crippen LogP contribution >= 0.6 is 0 Å². The van der Waals surface area contributed by atoms with E-state index in [9.17, 15) is 14.4 Å². The molecular weight excluding hydrogens is 290 g/mol. The molecule has 0 aromatic carbocycles. The maximum atomic E-state index is 12.4. The maximum Gasteiger partial charge on any atom is 0.358 e. The molecule has 0 saturated heterocycles. The fraction of sp³-hybridized carbons (Fsp3) is 0.533. The van der Waals surface area contributed by atoms with E-state index in [-0.39, 0.29) is 23.0 Å². The van der Waals surface area contributed by atoms with Gasteiger partial charge in [-0.25, -0.2) is 9.59 Å². The standard InChI is InChI=1S/C15H19NO6/c1-20-13-11(15(19)22-3)16(9-6-4-5-7-9)8-10(12(13)17)14(18)21-2/h8-9H,4-7H2,1-3H3. The van der Waals surface area contributed by atoms with Crippen LogP contribution in [-0.2, 0) is 9.47 Å². The smallest absolute Gasteiger partial charge is 0.358 e. The van der Waals surface area contributed by atoms with E-state index < -0.39 is 17.4 Å². The molecule has 0 atom stereocenters. The molecule has 7 heteroatoms. The summed E-state index contributed by atoms with van der Waals surface area (Å²) in [5.74, 6) is -1.62. The second-order valence-electron chi connectivity index (χ2n) is 5.08. The topological polar surface area (TPSA) is 83.8 Å². The highest BCUT2D eigenvalue weighted by atomic mass is 16.5. The van der Waals surface area contributed by atoms with Gasteiger partial charge in [-0.15, -0.1) is 0 Å². The van der Waals surface area contributed by atoms with Gasteiger partial charge < -0.3 is 18.8 Å². The number of carbonyl (C=O) groups is 2. The molecule has 1 fully saturated rings. The third-order valence-corrected chi connectivity index (χ3v) is 3.90. The van der Waals surface area contributed by atoms with E-state index in [1.807, 2.05) is 0 Å². The number of carbonyl (C=O) groups excluding carboxylic acids is 2. The largest absolute Gasteiger partial charge is 0.491 e. The van der Waals surface area contributed by atoms with Crippen LogP contribution in [0.3, 0.4) is 0 Å². The highest BCUT2D eigenvalue weighted by Gasteiger charge is 2.30. The molecule has 0 amide bonds. The minimum Gasteiger partial charge on any atom is -0.491 e. The zero-order chi connectivity index (χ0) is 16.3. The van der Waals surface area contributed by atoms with Gasteiger partial charge in [0.25, 0.3) is 0 Å². The van der Waals surface area contributed by atoms with Crippen LogP contribution in [0, 0.1) is 0 Å². The Hall–Kier alpha value is -2.31. The Morgan fingerprint density at radius 1 is 1.09 bits per heavy atom.